The van der Waals surface area contributed by atoms with Crippen LogP contribution >= 0.6 is 8.03 Å². The third-order valence-corrected chi connectivity index (χ3v) is 4.90. The summed E-state index contributed by atoms with van der Waals surface area (Å²) in [5.74, 6) is 0. The number of amides is 1. The minimum Gasteiger partial charge on any atom is -0.444 e. The maximum absolute atomic E-state index is 12.3. The normalized spacial score (nSPS) is 13.7. The number of benzene rings is 2. The van der Waals surface area contributed by atoms with Crippen LogP contribution in [0.3, 0.4) is 0 Å². The number of ether oxygens (including phenoxy) is 1. The number of nitrogens with one attached hydrogen (secondary N) is 1. The number of rotatable bonds is 6. The SMILES string of the molecule is CCO[PH](=O)c1ccc(C(NC(=O)OC(C)(C)C)c2ccccc2)cc1. The molecule has 1 N–H and O–H groups in total. The molecule has 0 bridgehead atoms. The van der Waals surface area contributed by atoms with E-state index in [2.05, 4.69) is 5.32 Å². The van der Waals surface area contributed by atoms with Gasteiger partial charge in [0.2, 0.25) is 8.03 Å². The van der Waals surface area contributed by atoms with Crippen LogP contribution in [0, 0.1) is 0 Å². The molecule has 140 valence electrons. The predicted molar refractivity (Wildman–Crippen MR) is 104 cm³/mol. The van der Waals surface area contributed by atoms with Gasteiger partial charge in [0.25, 0.3) is 0 Å². The van der Waals surface area contributed by atoms with E-state index in [1.807, 2.05) is 70.2 Å². The number of carbonyl (C=O) groups excluding carboxylic acids is 1. The second kappa shape index (κ2) is 9.02. The van der Waals surface area contributed by atoms with E-state index in [1.54, 1.807) is 12.1 Å². The van der Waals surface area contributed by atoms with Gasteiger partial charge in [-0.25, -0.2) is 4.79 Å². The molecule has 0 heterocycles. The molecular weight excluding hydrogens is 349 g/mol. The lowest BCUT2D eigenvalue weighted by Crippen LogP contribution is -2.35. The molecule has 0 saturated heterocycles. The Kier molecular flexibility index (Phi) is 7.01. The molecule has 2 aromatic carbocycles. The van der Waals surface area contributed by atoms with Crippen molar-refractivity contribution < 1.29 is 18.6 Å². The molecule has 0 saturated carbocycles. The smallest absolute Gasteiger partial charge is 0.408 e. The van der Waals surface area contributed by atoms with Gasteiger partial charge in [-0.2, -0.15) is 0 Å². The summed E-state index contributed by atoms with van der Waals surface area (Å²) >= 11 is 0. The molecule has 2 atom stereocenters. The van der Waals surface area contributed by atoms with Crippen molar-refractivity contribution in [2.24, 2.45) is 0 Å². The first-order chi connectivity index (χ1) is 12.3. The van der Waals surface area contributed by atoms with E-state index in [4.69, 9.17) is 9.26 Å². The highest BCUT2D eigenvalue weighted by atomic mass is 31.1. The highest BCUT2D eigenvalue weighted by Gasteiger charge is 2.22. The molecule has 5 nitrogen and oxygen atoms in total. The molecule has 0 radical (unpaired) electrons. The van der Waals surface area contributed by atoms with Crippen LogP contribution in [0.15, 0.2) is 54.6 Å². The minimum atomic E-state index is -2.23. The van der Waals surface area contributed by atoms with Crippen molar-refractivity contribution in [3.63, 3.8) is 0 Å². The molecule has 6 heteroatoms. The molecule has 2 unspecified atom stereocenters. The summed E-state index contributed by atoms with van der Waals surface area (Å²) in [5, 5.41) is 3.57. The van der Waals surface area contributed by atoms with Crippen molar-refractivity contribution in [3.8, 4) is 0 Å². The minimum absolute atomic E-state index is 0.366. The molecule has 0 fully saturated rings. The maximum atomic E-state index is 12.3. The van der Waals surface area contributed by atoms with Gasteiger partial charge in [-0.3, -0.25) is 4.57 Å². The van der Waals surface area contributed by atoms with E-state index >= 15 is 0 Å². The van der Waals surface area contributed by atoms with Crippen molar-refractivity contribution in [2.45, 2.75) is 39.3 Å². The lowest BCUT2D eigenvalue weighted by molar-refractivity contribution is 0.0512. The van der Waals surface area contributed by atoms with E-state index in [1.165, 1.54) is 0 Å². The highest BCUT2D eigenvalue weighted by molar-refractivity contribution is 7.48. The lowest BCUT2D eigenvalue weighted by Gasteiger charge is -2.24. The maximum Gasteiger partial charge on any atom is 0.408 e. The fraction of sp³-hybridized carbons (Fsp3) is 0.350. The average molecular weight is 375 g/mol. The molecule has 0 aliphatic heterocycles. The summed E-state index contributed by atoms with van der Waals surface area (Å²) in [6.07, 6.45) is -0.488. The van der Waals surface area contributed by atoms with Gasteiger partial charge >= 0.3 is 6.09 Å². The van der Waals surface area contributed by atoms with Crippen LogP contribution in [-0.4, -0.2) is 18.3 Å². The van der Waals surface area contributed by atoms with Gasteiger partial charge in [-0.05, 0) is 51.0 Å². The van der Waals surface area contributed by atoms with E-state index in [0.29, 0.717) is 11.9 Å². The summed E-state index contributed by atoms with van der Waals surface area (Å²) in [6, 6.07) is 16.5. The number of carbonyl (C=O) groups is 1. The summed E-state index contributed by atoms with van der Waals surface area (Å²) in [4.78, 5) is 12.3. The summed E-state index contributed by atoms with van der Waals surface area (Å²) in [5.41, 5.74) is 1.23. The molecule has 0 aliphatic rings. The van der Waals surface area contributed by atoms with Crippen LogP contribution in [0.4, 0.5) is 4.79 Å². The van der Waals surface area contributed by atoms with Crippen LogP contribution in [0.25, 0.3) is 0 Å². The molecule has 0 aliphatic carbocycles. The Morgan fingerprint density at radius 1 is 1.04 bits per heavy atom. The van der Waals surface area contributed by atoms with Crippen molar-refractivity contribution >= 4 is 19.4 Å². The molecule has 0 spiro atoms. The van der Waals surface area contributed by atoms with Crippen LogP contribution in [-0.2, 0) is 13.8 Å². The summed E-state index contributed by atoms with van der Waals surface area (Å²) in [6.45, 7) is 7.69. The van der Waals surface area contributed by atoms with E-state index < -0.39 is 19.7 Å². The lowest BCUT2D eigenvalue weighted by atomic mass is 9.99. The van der Waals surface area contributed by atoms with Gasteiger partial charge in [0.1, 0.15) is 5.60 Å². The third-order valence-electron chi connectivity index (χ3n) is 3.55. The first kappa shape index (κ1) is 20.2. The average Bonchev–Trinajstić information content (AvgIpc) is 2.59. The Balaban J connectivity index is 2.27. The van der Waals surface area contributed by atoms with Crippen molar-refractivity contribution in [1.29, 1.82) is 0 Å². The van der Waals surface area contributed by atoms with Crippen LogP contribution in [0.5, 0.6) is 0 Å². The second-order valence-corrected chi connectivity index (χ2v) is 8.27. The molecule has 0 aromatic heterocycles. The molecule has 1 amide bonds. The Bertz CT molecular complexity index is 739. The quantitative estimate of drug-likeness (QED) is 0.758. The van der Waals surface area contributed by atoms with Gasteiger partial charge in [-0.1, -0.05) is 42.5 Å². The Morgan fingerprint density at radius 3 is 2.15 bits per heavy atom. The molecule has 2 aromatic rings. The van der Waals surface area contributed by atoms with Crippen LogP contribution < -0.4 is 10.6 Å². The molecular formula is C20H26NO4P. The number of hydrogen-bond donors (Lipinski definition) is 1. The van der Waals surface area contributed by atoms with E-state index in [9.17, 15) is 9.36 Å². The zero-order chi connectivity index (χ0) is 19.2. The molecule has 2 rings (SSSR count). The third kappa shape index (κ3) is 6.01. The van der Waals surface area contributed by atoms with E-state index in [0.717, 1.165) is 11.1 Å². The first-order valence-corrected chi connectivity index (χ1v) is 9.93. The zero-order valence-corrected chi connectivity index (χ0v) is 16.6. The van der Waals surface area contributed by atoms with Gasteiger partial charge in [0, 0.05) is 5.30 Å². The molecule has 26 heavy (non-hydrogen) atoms. The Labute approximate surface area is 155 Å². The predicted octanol–water partition coefficient (Wildman–Crippen LogP) is 4.44. The van der Waals surface area contributed by atoms with Crippen LogP contribution in [0.2, 0.25) is 0 Å². The van der Waals surface area contributed by atoms with Gasteiger partial charge in [0.05, 0.1) is 12.6 Å². The van der Waals surface area contributed by atoms with Gasteiger partial charge in [-0.15, -0.1) is 0 Å². The largest absolute Gasteiger partial charge is 0.444 e. The second-order valence-electron chi connectivity index (χ2n) is 6.83. The highest BCUT2D eigenvalue weighted by Crippen LogP contribution is 2.25. The number of hydrogen-bond acceptors (Lipinski definition) is 4. The number of alkyl carbamates (subject to hydrolysis) is 1. The fourth-order valence-corrected chi connectivity index (χ4v) is 3.32. The summed E-state index contributed by atoms with van der Waals surface area (Å²) < 4.78 is 22.6. The summed E-state index contributed by atoms with van der Waals surface area (Å²) in [7, 11) is -2.23. The van der Waals surface area contributed by atoms with Crippen molar-refractivity contribution in [1.82, 2.24) is 5.32 Å². The zero-order valence-electron chi connectivity index (χ0n) is 15.6. The Hall–Kier alpha value is -2.10. The van der Waals surface area contributed by atoms with Gasteiger partial charge in [0.15, 0.2) is 0 Å². The van der Waals surface area contributed by atoms with Crippen LogP contribution in [0.1, 0.15) is 44.9 Å². The standard InChI is InChI=1S/C20H26NO4P/c1-5-24-26(23)17-13-11-16(12-14-17)18(15-9-7-6-8-10-15)21-19(22)25-20(2,3)4/h6-14,18,26H,5H2,1-4H3,(H,21,22). The first-order valence-electron chi connectivity index (χ1n) is 8.61. The van der Waals surface area contributed by atoms with Gasteiger partial charge < -0.3 is 14.6 Å². The van der Waals surface area contributed by atoms with E-state index in [-0.39, 0.29) is 6.04 Å². The Morgan fingerprint density at radius 2 is 1.62 bits per heavy atom. The topological polar surface area (TPSA) is 64.6 Å². The van der Waals surface area contributed by atoms with Crippen molar-refractivity contribution in [2.75, 3.05) is 6.61 Å². The monoisotopic (exact) mass is 375 g/mol. The fourth-order valence-electron chi connectivity index (χ4n) is 2.46. The van der Waals surface area contributed by atoms with Crippen molar-refractivity contribution in [3.05, 3.63) is 65.7 Å².